The van der Waals surface area contributed by atoms with Crippen molar-refractivity contribution in [1.29, 1.82) is 0 Å². The van der Waals surface area contributed by atoms with E-state index in [1.54, 1.807) is 6.07 Å². The normalized spacial score (nSPS) is 21.2. The summed E-state index contributed by atoms with van der Waals surface area (Å²) in [5.74, 6) is -2.86. The molecule has 1 amide bonds. The molecule has 9 nitrogen and oxygen atoms in total. The number of pyridine rings is 1. The van der Waals surface area contributed by atoms with E-state index in [1.807, 2.05) is 28.7 Å². The Hall–Kier alpha value is -2.99. The fraction of sp³-hybridized carbons (Fsp3) is 0.520. The molecule has 0 bridgehead atoms. The molecule has 0 unspecified atom stereocenters. The van der Waals surface area contributed by atoms with E-state index < -0.39 is 21.7 Å². The quantitative estimate of drug-likeness (QED) is 0.554. The van der Waals surface area contributed by atoms with Crippen LogP contribution in [0.2, 0.25) is 0 Å². The van der Waals surface area contributed by atoms with Crippen LogP contribution in [0.3, 0.4) is 0 Å². The van der Waals surface area contributed by atoms with E-state index >= 15 is 0 Å². The van der Waals surface area contributed by atoms with Crippen molar-refractivity contribution in [2.75, 3.05) is 52.6 Å². The molecule has 2 saturated heterocycles. The first-order valence-electron chi connectivity index (χ1n) is 12.5. The van der Waals surface area contributed by atoms with Crippen LogP contribution in [-0.4, -0.2) is 64.0 Å². The summed E-state index contributed by atoms with van der Waals surface area (Å²) in [7, 11) is -4.83. The minimum Gasteiger partial charge on any atom is -0.375 e. The second-order valence-corrected chi connectivity index (χ2v) is 11.7. The number of alkyl halides is 2. The van der Waals surface area contributed by atoms with Gasteiger partial charge in [-0.3, -0.25) is 9.52 Å². The predicted octanol–water partition coefficient (Wildman–Crippen LogP) is 3.90. The number of piperidine rings is 1. The minimum absolute atomic E-state index is 0.0138. The lowest BCUT2D eigenvalue weighted by molar-refractivity contribution is 0.0529. The van der Waals surface area contributed by atoms with Crippen LogP contribution in [0.4, 0.5) is 31.8 Å². The third-order valence-corrected chi connectivity index (χ3v) is 8.39. The van der Waals surface area contributed by atoms with Crippen molar-refractivity contribution in [3.63, 3.8) is 0 Å². The van der Waals surface area contributed by atoms with Gasteiger partial charge in [0.2, 0.25) is 0 Å². The van der Waals surface area contributed by atoms with Crippen LogP contribution in [0, 0.1) is 5.41 Å². The van der Waals surface area contributed by atoms with Gasteiger partial charge in [0, 0.05) is 26.2 Å². The van der Waals surface area contributed by atoms with E-state index in [-0.39, 0.29) is 11.8 Å². The highest BCUT2D eigenvalue weighted by molar-refractivity contribution is 7.93. The summed E-state index contributed by atoms with van der Waals surface area (Å²) in [6.45, 7) is 5.40. The maximum atomic E-state index is 13.4. The number of aromatic nitrogens is 1. The molecule has 3 fully saturated rings. The standard InChI is InChI=1S/C25H31F2N5O4S/c1-17-16-32(13-14-36-17)22-4-2-3-21(28-22)29-23(33)19-6-5-18(30-37(34,35)24(26)27)15-20(19)31-11-9-25(7-8-25)10-12-31/h2-6,15,17,24,30H,7-14,16H2,1H3,(H,28,29,33)/t17-/m1/s1. The number of nitrogens with one attached hydrogen (secondary N) is 2. The highest BCUT2D eigenvalue weighted by Gasteiger charge is 2.44. The zero-order valence-electron chi connectivity index (χ0n) is 20.6. The van der Waals surface area contributed by atoms with Gasteiger partial charge in [0.15, 0.2) is 0 Å². The average molecular weight is 536 g/mol. The lowest BCUT2D eigenvalue weighted by atomic mass is 9.93. The van der Waals surface area contributed by atoms with Gasteiger partial charge in [-0.1, -0.05) is 6.07 Å². The molecule has 200 valence electrons. The first-order chi connectivity index (χ1) is 17.6. The summed E-state index contributed by atoms with van der Waals surface area (Å²) < 4.78 is 56.9. The molecule has 3 heterocycles. The third-order valence-electron chi connectivity index (χ3n) is 7.40. The second kappa shape index (κ2) is 10.1. The number of morpholine rings is 1. The SMILES string of the molecule is C[C@@H]1CN(c2cccc(NC(=O)c3ccc(NS(=O)(=O)C(F)F)cc3N3CCC4(CC3)CC4)n2)CCO1. The molecular formula is C25H31F2N5O4S. The number of halogens is 2. The summed E-state index contributed by atoms with van der Waals surface area (Å²) in [5.41, 5.74) is 1.19. The van der Waals surface area contributed by atoms with Crippen molar-refractivity contribution in [1.82, 2.24) is 4.98 Å². The lowest BCUT2D eigenvalue weighted by Gasteiger charge is -2.35. The maximum absolute atomic E-state index is 13.4. The molecule has 1 atom stereocenters. The van der Waals surface area contributed by atoms with Crippen molar-refractivity contribution in [3.8, 4) is 0 Å². The molecule has 1 aromatic heterocycles. The Morgan fingerprint density at radius 2 is 1.86 bits per heavy atom. The summed E-state index contributed by atoms with van der Waals surface area (Å²) in [4.78, 5) is 22.1. The molecule has 3 aliphatic rings. The summed E-state index contributed by atoms with van der Waals surface area (Å²) >= 11 is 0. The number of benzene rings is 1. The van der Waals surface area contributed by atoms with Crippen molar-refractivity contribution in [2.45, 2.75) is 44.5 Å². The van der Waals surface area contributed by atoms with E-state index in [4.69, 9.17) is 4.74 Å². The van der Waals surface area contributed by atoms with Crippen LogP contribution >= 0.6 is 0 Å². The van der Waals surface area contributed by atoms with Gasteiger partial charge in [-0.05, 0) is 68.4 Å². The fourth-order valence-corrected chi connectivity index (χ4v) is 5.58. The highest BCUT2D eigenvalue weighted by atomic mass is 32.2. The van der Waals surface area contributed by atoms with Gasteiger partial charge in [-0.15, -0.1) is 0 Å². The summed E-state index contributed by atoms with van der Waals surface area (Å²) in [5, 5.41) is 2.85. The summed E-state index contributed by atoms with van der Waals surface area (Å²) in [6, 6.07) is 9.64. The number of ether oxygens (including phenoxy) is 1. The molecular weight excluding hydrogens is 504 g/mol. The minimum atomic E-state index is -4.83. The van der Waals surface area contributed by atoms with Gasteiger partial charge < -0.3 is 19.9 Å². The molecule has 1 aromatic carbocycles. The zero-order valence-corrected chi connectivity index (χ0v) is 21.4. The number of hydrogen-bond donors (Lipinski definition) is 2. The number of anilines is 4. The maximum Gasteiger partial charge on any atom is 0.355 e. The van der Waals surface area contributed by atoms with Crippen LogP contribution in [0.15, 0.2) is 36.4 Å². The van der Waals surface area contributed by atoms with Gasteiger partial charge in [0.1, 0.15) is 11.6 Å². The topological polar surface area (TPSA) is 104 Å². The van der Waals surface area contributed by atoms with Gasteiger partial charge in [-0.25, -0.2) is 13.4 Å². The molecule has 2 aromatic rings. The molecule has 37 heavy (non-hydrogen) atoms. The number of nitrogens with zero attached hydrogens (tertiary/aromatic N) is 3. The second-order valence-electron chi connectivity index (χ2n) is 10.1. The van der Waals surface area contributed by atoms with Crippen molar-refractivity contribution >= 4 is 38.9 Å². The number of rotatable bonds is 7. The van der Waals surface area contributed by atoms with E-state index in [2.05, 4.69) is 15.2 Å². The number of carbonyl (C=O) groups excluding carboxylic acids is 1. The Morgan fingerprint density at radius 3 is 2.54 bits per heavy atom. The molecule has 0 radical (unpaired) electrons. The van der Waals surface area contributed by atoms with Crippen LogP contribution in [0.5, 0.6) is 0 Å². The Bertz CT molecular complexity index is 1260. The predicted molar refractivity (Wildman–Crippen MR) is 138 cm³/mol. The molecule has 2 aliphatic heterocycles. The number of hydrogen-bond acceptors (Lipinski definition) is 7. The fourth-order valence-electron chi connectivity index (χ4n) is 5.04. The van der Waals surface area contributed by atoms with Crippen LogP contribution < -0.4 is 19.8 Å². The van der Waals surface area contributed by atoms with Crippen molar-refractivity contribution in [2.24, 2.45) is 5.41 Å². The molecule has 12 heteroatoms. The lowest BCUT2D eigenvalue weighted by Crippen LogP contribution is -2.41. The monoisotopic (exact) mass is 535 g/mol. The number of amides is 1. The number of carbonyl (C=O) groups is 1. The average Bonchev–Trinajstić information content (AvgIpc) is 3.63. The number of sulfonamides is 1. The van der Waals surface area contributed by atoms with Crippen molar-refractivity contribution < 1.29 is 26.7 Å². The molecule has 1 spiro atoms. The van der Waals surface area contributed by atoms with Crippen molar-refractivity contribution in [3.05, 3.63) is 42.0 Å². The molecule has 1 saturated carbocycles. The molecule has 5 rings (SSSR count). The Morgan fingerprint density at radius 1 is 1.11 bits per heavy atom. The third kappa shape index (κ3) is 5.80. The first kappa shape index (κ1) is 25.7. The Kier molecular flexibility index (Phi) is 6.97. The van der Waals surface area contributed by atoms with Gasteiger partial charge >= 0.3 is 5.76 Å². The largest absolute Gasteiger partial charge is 0.375 e. The van der Waals surface area contributed by atoms with Crippen LogP contribution in [0.1, 0.15) is 43.0 Å². The molecule has 1 aliphatic carbocycles. The highest BCUT2D eigenvalue weighted by Crippen LogP contribution is 2.54. The molecule has 2 N–H and O–H groups in total. The van der Waals surface area contributed by atoms with Gasteiger partial charge in [0.05, 0.1) is 29.6 Å². The van der Waals surface area contributed by atoms with E-state index in [1.165, 1.54) is 31.0 Å². The Labute approximate surface area is 215 Å². The zero-order chi connectivity index (χ0) is 26.2. The first-order valence-corrected chi connectivity index (χ1v) is 14.0. The Balaban J connectivity index is 1.39. The van der Waals surface area contributed by atoms with Gasteiger partial charge in [0.25, 0.3) is 15.9 Å². The van der Waals surface area contributed by atoms with E-state index in [0.717, 1.165) is 18.7 Å². The smallest absolute Gasteiger partial charge is 0.355 e. The van der Waals surface area contributed by atoms with Crippen LogP contribution in [0.25, 0.3) is 0 Å². The van der Waals surface area contributed by atoms with E-state index in [9.17, 15) is 22.0 Å². The van der Waals surface area contributed by atoms with E-state index in [0.29, 0.717) is 55.3 Å². The van der Waals surface area contributed by atoms with Gasteiger partial charge in [-0.2, -0.15) is 8.78 Å². The van der Waals surface area contributed by atoms with Crippen LogP contribution in [-0.2, 0) is 14.8 Å². The summed E-state index contributed by atoms with van der Waals surface area (Å²) in [6.07, 6.45) is 4.43.